The minimum absolute atomic E-state index is 0.119. The molecule has 0 bridgehead atoms. The summed E-state index contributed by atoms with van der Waals surface area (Å²) < 4.78 is 33.9. The summed E-state index contributed by atoms with van der Waals surface area (Å²) in [4.78, 5) is 15.8. The molecule has 1 aliphatic heterocycles. The van der Waals surface area contributed by atoms with E-state index in [1.54, 1.807) is 30.5 Å². The van der Waals surface area contributed by atoms with Crippen LogP contribution in [-0.2, 0) is 6.54 Å². The SMILES string of the molecule is COc1cccc(CN2CCN(c3ccc(-c4cn[nH]c4)c(F)c3)C2=O)c1F. The number of rotatable bonds is 5. The molecule has 0 aliphatic carbocycles. The number of hydrogen-bond acceptors (Lipinski definition) is 3. The highest BCUT2D eigenvalue weighted by molar-refractivity contribution is 5.94. The molecule has 6 nitrogen and oxygen atoms in total. The van der Waals surface area contributed by atoms with Crippen molar-refractivity contribution in [3.63, 3.8) is 0 Å². The highest BCUT2D eigenvalue weighted by atomic mass is 19.1. The third-order valence-corrected chi connectivity index (χ3v) is 4.79. The van der Waals surface area contributed by atoms with Crippen LogP contribution >= 0.6 is 0 Å². The fourth-order valence-corrected chi connectivity index (χ4v) is 3.31. The number of nitrogens with one attached hydrogen (secondary N) is 1. The number of aromatic amines is 1. The molecule has 144 valence electrons. The van der Waals surface area contributed by atoms with Crippen LogP contribution in [0.1, 0.15) is 5.56 Å². The summed E-state index contributed by atoms with van der Waals surface area (Å²) >= 11 is 0. The average Bonchev–Trinajstić information content (AvgIpc) is 3.34. The monoisotopic (exact) mass is 384 g/mol. The number of ether oxygens (including phenoxy) is 1. The standard InChI is InChI=1S/C20H18F2N4O2/c1-28-18-4-2-3-13(19(18)22)12-25-7-8-26(20(25)27)15-5-6-16(17(21)9-15)14-10-23-24-11-14/h2-6,9-11H,7-8,12H2,1H3,(H,23,24). The van der Waals surface area contributed by atoms with Gasteiger partial charge in [0.25, 0.3) is 0 Å². The molecule has 0 unspecified atom stereocenters. The van der Waals surface area contributed by atoms with Crippen LogP contribution in [0, 0.1) is 11.6 Å². The second-order valence-electron chi connectivity index (χ2n) is 6.44. The zero-order valence-corrected chi connectivity index (χ0v) is 15.2. The maximum Gasteiger partial charge on any atom is 0.324 e. The molecular weight excluding hydrogens is 366 g/mol. The second kappa shape index (κ2) is 7.30. The van der Waals surface area contributed by atoms with Crippen molar-refractivity contribution in [1.82, 2.24) is 15.1 Å². The molecular formula is C20H18F2N4O2. The summed E-state index contributed by atoms with van der Waals surface area (Å²) in [6.45, 7) is 0.934. The number of carbonyl (C=O) groups excluding carboxylic acids is 1. The van der Waals surface area contributed by atoms with Gasteiger partial charge >= 0.3 is 6.03 Å². The van der Waals surface area contributed by atoms with E-state index in [1.165, 1.54) is 35.2 Å². The zero-order valence-electron chi connectivity index (χ0n) is 15.2. The third kappa shape index (κ3) is 3.17. The number of halogens is 2. The molecule has 0 radical (unpaired) electrons. The lowest BCUT2D eigenvalue weighted by atomic mass is 10.1. The number of benzene rings is 2. The molecule has 0 saturated carbocycles. The van der Waals surface area contributed by atoms with Gasteiger partial charge in [-0.15, -0.1) is 0 Å². The highest BCUT2D eigenvalue weighted by Crippen LogP contribution is 2.29. The van der Waals surface area contributed by atoms with Crippen LogP contribution in [0.3, 0.4) is 0 Å². The van der Waals surface area contributed by atoms with Gasteiger partial charge in [0.2, 0.25) is 0 Å². The van der Waals surface area contributed by atoms with Gasteiger partial charge in [-0.2, -0.15) is 5.10 Å². The Bertz CT molecular complexity index is 1010. The highest BCUT2D eigenvalue weighted by Gasteiger charge is 2.30. The summed E-state index contributed by atoms with van der Waals surface area (Å²) in [7, 11) is 1.40. The van der Waals surface area contributed by atoms with E-state index in [9.17, 15) is 13.6 Å². The van der Waals surface area contributed by atoms with Crippen LogP contribution in [0.4, 0.5) is 19.3 Å². The minimum Gasteiger partial charge on any atom is -0.494 e. The van der Waals surface area contributed by atoms with E-state index in [2.05, 4.69) is 10.2 Å². The number of H-pyrrole nitrogens is 1. The fraction of sp³-hybridized carbons (Fsp3) is 0.200. The topological polar surface area (TPSA) is 61.5 Å². The van der Waals surface area contributed by atoms with Gasteiger partial charge in [0.05, 0.1) is 19.9 Å². The molecule has 1 aromatic heterocycles. The van der Waals surface area contributed by atoms with E-state index < -0.39 is 11.6 Å². The number of nitrogens with zero attached hydrogens (tertiary/aromatic N) is 3. The Morgan fingerprint density at radius 2 is 2.07 bits per heavy atom. The largest absolute Gasteiger partial charge is 0.494 e. The quantitative estimate of drug-likeness (QED) is 0.728. The molecule has 1 saturated heterocycles. The normalized spacial score (nSPS) is 14.0. The number of anilines is 1. The van der Waals surface area contributed by atoms with E-state index in [-0.39, 0.29) is 18.3 Å². The van der Waals surface area contributed by atoms with Gasteiger partial charge in [0, 0.05) is 41.7 Å². The zero-order chi connectivity index (χ0) is 19.7. The van der Waals surface area contributed by atoms with Crippen LogP contribution < -0.4 is 9.64 Å². The minimum atomic E-state index is -0.480. The van der Waals surface area contributed by atoms with Crippen LogP contribution in [0.15, 0.2) is 48.8 Å². The molecule has 2 heterocycles. The van der Waals surface area contributed by atoms with Crippen molar-refractivity contribution in [1.29, 1.82) is 0 Å². The molecule has 0 atom stereocenters. The van der Waals surface area contributed by atoms with E-state index in [0.29, 0.717) is 35.5 Å². The Labute approximate surface area is 160 Å². The number of carbonyl (C=O) groups is 1. The summed E-state index contributed by atoms with van der Waals surface area (Å²) in [6, 6.07) is 9.17. The van der Waals surface area contributed by atoms with Crippen molar-refractivity contribution in [3.05, 3.63) is 66.0 Å². The Kier molecular flexibility index (Phi) is 4.68. The number of amides is 2. The Balaban J connectivity index is 1.53. The molecule has 28 heavy (non-hydrogen) atoms. The van der Waals surface area contributed by atoms with E-state index in [4.69, 9.17) is 4.74 Å². The Morgan fingerprint density at radius 1 is 1.21 bits per heavy atom. The number of aromatic nitrogens is 2. The van der Waals surface area contributed by atoms with Crippen molar-refractivity contribution < 1.29 is 18.3 Å². The summed E-state index contributed by atoms with van der Waals surface area (Å²) in [6.07, 6.45) is 3.13. The predicted octanol–water partition coefficient (Wildman–Crippen LogP) is 3.81. The van der Waals surface area contributed by atoms with Crippen LogP contribution in [0.25, 0.3) is 11.1 Å². The average molecular weight is 384 g/mol. The Hall–Kier alpha value is -3.42. The van der Waals surface area contributed by atoms with Gasteiger partial charge in [-0.3, -0.25) is 10.00 Å². The maximum absolute atomic E-state index is 14.5. The molecule has 4 rings (SSSR count). The molecule has 1 aliphatic rings. The first-order valence-corrected chi connectivity index (χ1v) is 8.75. The van der Waals surface area contributed by atoms with Crippen LogP contribution in [-0.4, -0.2) is 41.3 Å². The first-order valence-electron chi connectivity index (χ1n) is 8.75. The first kappa shape index (κ1) is 18.0. The molecule has 2 aromatic carbocycles. The van der Waals surface area contributed by atoms with Gasteiger partial charge in [-0.25, -0.2) is 13.6 Å². The van der Waals surface area contributed by atoms with Crippen molar-refractivity contribution in [2.24, 2.45) is 0 Å². The third-order valence-electron chi connectivity index (χ3n) is 4.79. The van der Waals surface area contributed by atoms with Crippen molar-refractivity contribution in [3.8, 4) is 16.9 Å². The van der Waals surface area contributed by atoms with E-state index in [0.717, 1.165) is 0 Å². The predicted molar refractivity (Wildman–Crippen MR) is 100 cm³/mol. The lowest BCUT2D eigenvalue weighted by molar-refractivity contribution is 0.218. The number of hydrogen-bond donors (Lipinski definition) is 1. The van der Waals surface area contributed by atoms with Gasteiger partial charge in [-0.05, 0) is 24.3 Å². The van der Waals surface area contributed by atoms with Crippen molar-refractivity contribution in [2.45, 2.75) is 6.54 Å². The lowest BCUT2D eigenvalue weighted by Crippen LogP contribution is -2.31. The van der Waals surface area contributed by atoms with Gasteiger partial charge < -0.3 is 9.64 Å². The lowest BCUT2D eigenvalue weighted by Gasteiger charge is -2.20. The first-order chi connectivity index (χ1) is 13.6. The smallest absolute Gasteiger partial charge is 0.324 e. The van der Waals surface area contributed by atoms with E-state index in [1.807, 2.05) is 0 Å². The molecule has 2 amide bonds. The number of methoxy groups -OCH3 is 1. The molecule has 1 N–H and O–H groups in total. The molecule has 8 heteroatoms. The van der Waals surface area contributed by atoms with Gasteiger partial charge in [0.1, 0.15) is 5.82 Å². The van der Waals surface area contributed by atoms with Gasteiger partial charge in [0.15, 0.2) is 11.6 Å². The second-order valence-corrected chi connectivity index (χ2v) is 6.44. The summed E-state index contributed by atoms with van der Waals surface area (Å²) in [5.74, 6) is -0.784. The number of urea groups is 1. The van der Waals surface area contributed by atoms with Gasteiger partial charge in [-0.1, -0.05) is 12.1 Å². The molecule has 0 spiro atoms. The van der Waals surface area contributed by atoms with Crippen molar-refractivity contribution >= 4 is 11.7 Å². The van der Waals surface area contributed by atoms with Crippen LogP contribution in [0.2, 0.25) is 0 Å². The van der Waals surface area contributed by atoms with Crippen molar-refractivity contribution in [2.75, 3.05) is 25.1 Å². The van der Waals surface area contributed by atoms with E-state index >= 15 is 0 Å². The Morgan fingerprint density at radius 3 is 2.79 bits per heavy atom. The molecule has 1 fully saturated rings. The summed E-state index contributed by atoms with van der Waals surface area (Å²) in [5.41, 5.74) is 1.87. The summed E-state index contributed by atoms with van der Waals surface area (Å²) in [5, 5.41) is 6.46. The fourth-order valence-electron chi connectivity index (χ4n) is 3.31. The molecule has 3 aromatic rings. The van der Waals surface area contributed by atoms with Crippen LogP contribution in [0.5, 0.6) is 5.75 Å². The maximum atomic E-state index is 14.5.